The van der Waals surface area contributed by atoms with E-state index in [0.717, 1.165) is 31.9 Å². The molecule has 9 heteroatoms. The maximum absolute atomic E-state index is 15.8. The van der Waals surface area contributed by atoms with Crippen LogP contribution < -0.4 is 0 Å². The van der Waals surface area contributed by atoms with Crippen LogP contribution >= 0.6 is 11.8 Å². The lowest BCUT2D eigenvalue weighted by molar-refractivity contribution is -0.152. The number of aromatic nitrogens is 4. The number of nitrogens with zero attached hydrogens (tertiary/aromatic N) is 3. The van der Waals surface area contributed by atoms with Gasteiger partial charge in [-0.05, 0) is 55.9 Å². The van der Waals surface area contributed by atoms with Gasteiger partial charge in [0.05, 0.1) is 17.8 Å². The van der Waals surface area contributed by atoms with Crippen LogP contribution in [0.4, 0.5) is 8.78 Å². The third-order valence-corrected chi connectivity index (χ3v) is 8.21. The number of nitrogens with one attached hydrogen (secondary N) is 1. The highest BCUT2D eigenvalue weighted by atomic mass is 32.2. The summed E-state index contributed by atoms with van der Waals surface area (Å²) in [6.07, 6.45) is 6.85. The Morgan fingerprint density at radius 3 is 2.56 bits per heavy atom. The van der Waals surface area contributed by atoms with Gasteiger partial charge < -0.3 is 10.1 Å². The van der Waals surface area contributed by atoms with Crippen LogP contribution in [0.1, 0.15) is 52.1 Å². The summed E-state index contributed by atoms with van der Waals surface area (Å²) in [7, 11) is 0. The molecule has 0 spiro atoms. The number of hydrogen-bond acceptors (Lipinski definition) is 5. The Hall–Kier alpha value is -2.55. The zero-order valence-corrected chi connectivity index (χ0v) is 20.3. The highest BCUT2D eigenvalue weighted by molar-refractivity contribution is 8.00. The fourth-order valence-electron chi connectivity index (χ4n) is 5.72. The molecular weight excluding hydrogens is 458 g/mol. The van der Waals surface area contributed by atoms with E-state index >= 15 is 4.39 Å². The SMILES string of the molecule is CC(C)(C)Sc1nc(-c2c[nH]c3ncc(F)cc23)nc(CC2C3CCC(CC3)C2C(=O)O)c1F. The van der Waals surface area contributed by atoms with Crippen molar-refractivity contribution in [2.75, 3.05) is 0 Å². The molecule has 3 heterocycles. The molecule has 34 heavy (non-hydrogen) atoms. The first-order valence-electron chi connectivity index (χ1n) is 11.7. The van der Waals surface area contributed by atoms with Crippen molar-refractivity contribution < 1.29 is 18.7 Å². The van der Waals surface area contributed by atoms with E-state index in [-0.39, 0.29) is 45.5 Å². The van der Waals surface area contributed by atoms with Crippen molar-refractivity contribution in [1.82, 2.24) is 19.9 Å². The van der Waals surface area contributed by atoms with Gasteiger partial charge in [0, 0.05) is 21.9 Å². The molecule has 3 saturated carbocycles. The van der Waals surface area contributed by atoms with Gasteiger partial charge in [-0.25, -0.2) is 23.7 Å². The minimum absolute atomic E-state index is 0.142. The summed E-state index contributed by atoms with van der Waals surface area (Å²) >= 11 is 1.30. The standard InChI is InChI=1S/C25H28F2N4O2S/c1-25(2,3)34-23-20(27)18(9-15-12-4-6-13(7-5-12)19(15)24(32)33)30-22(31-23)17-11-29-21-16(17)8-14(26)10-28-21/h8,10-13,15,19H,4-7,9H2,1-3H3,(H,28,29)(H,32,33). The van der Waals surface area contributed by atoms with Gasteiger partial charge in [-0.15, -0.1) is 0 Å². The highest BCUT2D eigenvalue weighted by Crippen LogP contribution is 2.50. The van der Waals surface area contributed by atoms with Gasteiger partial charge in [-0.1, -0.05) is 32.5 Å². The summed E-state index contributed by atoms with van der Waals surface area (Å²) in [4.78, 5) is 28.3. The van der Waals surface area contributed by atoms with Crippen LogP contribution in [0, 0.1) is 35.3 Å². The molecule has 3 aromatic rings. The van der Waals surface area contributed by atoms with E-state index in [1.54, 1.807) is 6.20 Å². The highest BCUT2D eigenvalue weighted by Gasteiger charge is 2.47. The van der Waals surface area contributed by atoms with Crippen molar-refractivity contribution >= 4 is 28.8 Å². The average Bonchev–Trinajstić information content (AvgIpc) is 3.19. The molecule has 3 aromatic heterocycles. The van der Waals surface area contributed by atoms with E-state index in [9.17, 15) is 14.3 Å². The first kappa shape index (κ1) is 23.2. The van der Waals surface area contributed by atoms with E-state index < -0.39 is 23.5 Å². The Bertz CT molecular complexity index is 1250. The summed E-state index contributed by atoms with van der Waals surface area (Å²) < 4.78 is 29.4. The first-order chi connectivity index (χ1) is 16.1. The lowest BCUT2D eigenvalue weighted by Gasteiger charge is -2.46. The van der Waals surface area contributed by atoms with Gasteiger partial charge in [0.15, 0.2) is 11.6 Å². The quantitative estimate of drug-likeness (QED) is 0.346. The number of aromatic amines is 1. The number of thioether (sulfide) groups is 1. The van der Waals surface area contributed by atoms with Crippen LogP contribution in [0.25, 0.3) is 22.4 Å². The number of carboxylic acid groups (broad SMARTS) is 1. The third kappa shape index (κ3) is 4.30. The van der Waals surface area contributed by atoms with E-state index in [1.807, 2.05) is 20.8 Å². The second-order valence-corrected chi connectivity index (χ2v) is 12.3. The van der Waals surface area contributed by atoms with Gasteiger partial charge in [0.25, 0.3) is 0 Å². The molecular formula is C25H28F2N4O2S. The Balaban J connectivity index is 1.61. The molecule has 180 valence electrons. The second kappa shape index (κ2) is 8.59. The molecule has 6 nitrogen and oxygen atoms in total. The number of aliphatic carboxylic acids is 1. The summed E-state index contributed by atoms with van der Waals surface area (Å²) in [5, 5.41) is 10.7. The molecule has 0 aromatic carbocycles. The number of rotatable bonds is 5. The fraction of sp³-hybridized carbons (Fsp3) is 0.520. The van der Waals surface area contributed by atoms with Gasteiger partial charge in [-0.2, -0.15) is 0 Å². The van der Waals surface area contributed by atoms with Crippen molar-refractivity contribution in [1.29, 1.82) is 0 Å². The Labute approximate surface area is 201 Å². The lowest BCUT2D eigenvalue weighted by Crippen LogP contribution is -2.45. The topological polar surface area (TPSA) is 91.8 Å². The lowest BCUT2D eigenvalue weighted by atomic mass is 9.57. The molecule has 0 saturated heterocycles. The van der Waals surface area contributed by atoms with Crippen LogP contribution in [0.3, 0.4) is 0 Å². The van der Waals surface area contributed by atoms with Gasteiger partial charge >= 0.3 is 5.97 Å². The molecule has 0 radical (unpaired) electrons. The number of pyridine rings is 1. The monoisotopic (exact) mass is 486 g/mol. The second-order valence-electron chi connectivity index (χ2n) is 10.5. The number of carbonyl (C=O) groups is 1. The summed E-state index contributed by atoms with van der Waals surface area (Å²) in [5.41, 5.74) is 1.27. The maximum atomic E-state index is 15.8. The molecule has 3 aliphatic rings. The number of H-pyrrole nitrogens is 1. The van der Waals surface area contributed by atoms with Crippen molar-refractivity contribution in [2.24, 2.45) is 23.7 Å². The minimum atomic E-state index is -0.795. The largest absolute Gasteiger partial charge is 0.481 e. The Morgan fingerprint density at radius 1 is 1.18 bits per heavy atom. The van der Waals surface area contributed by atoms with E-state index in [0.29, 0.717) is 16.6 Å². The molecule has 6 rings (SSSR count). The predicted molar refractivity (Wildman–Crippen MR) is 126 cm³/mol. The zero-order chi connectivity index (χ0) is 24.2. The smallest absolute Gasteiger partial charge is 0.307 e. The normalized spacial score (nSPS) is 24.6. The number of halogens is 2. The molecule has 0 amide bonds. The van der Waals surface area contributed by atoms with Crippen LogP contribution in [0.5, 0.6) is 0 Å². The maximum Gasteiger partial charge on any atom is 0.307 e. The van der Waals surface area contributed by atoms with Crippen molar-refractivity contribution in [3.63, 3.8) is 0 Å². The fourth-order valence-corrected chi connectivity index (χ4v) is 6.64. The zero-order valence-electron chi connectivity index (χ0n) is 19.4. The molecule has 2 bridgehead atoms. The van der Waals surface area contributed by atoms with Crippen molar-refractivity contribution in [3.8, 4) is 11.4 Å². The molecule has 2 atom stereocenters. The summed E-state index contributed by atoms with van der Waals surface area (Å²) in [5.74, 6) is -1.71. The Kier molecular flexibility index (Phi) is 5.86. The van der Waals surface area contributed by atoms with Crippen molar-refractivity contribution in [3.05, 3.63) is 35.8 Å². The third-order valence-electron chi connectivity index (χ3n) is 7.14. The minimum Gasteiger partial charge on any atom is -0.481 e. The van der Waals surface area contributed by atoms with Crippen LogP contribution in [-0.2, 0) is 11.2 Å². The van der Waals surface area contributed by atoms with E-state index in [2.05, 4.69) is 19.9 Å². The predicted octanol–water partition coefficient (Wildman–Crippen LogP) is 5.87. The molecule has 0 aliphatic heterocycles. The average molecular weight is 487 g/mol. The molecule has 2 unspecified atom stereocenters. The van der Waals surface area contributed by atoms with Crippen LogP contribution in [0.2, 0.25) is 0 Å². The van der Waals surface area contributed by atoms with E-state index in [1.165, 1.54) is 17.8 Å². The molecule has 2 N–H and O–H groups in total. The number of fused-ring (bicyclic) bond motifs is 4. The molecule has 3 fully saturated rings. The first-order valence-corrected chi connectivity index (χ1v) is 12.5. The van der Waals surface area contributed by atoms with E-state index in [4.69, 9.17) is 0 Å². The van der Waals surface area contributed by atoms with Crippen LogP contribution in [0.15, 0.2) is 23.5 Å². The van der Waals surface area contributed by atoms with Crippen molar-refractivity contribution in [2.45, 2.75) is 62.6 Å². The van der Waals surface area contributed by atoms with Crippen LogP contribution in [-0.4, -0.2) is 35.8 Å². The summed E-state index contributed by atoms with van der Waals surface area (Å²) in [6.45, 7) is 5.93. The molecule has 3 aliphatic carbocycles. The number of hydrogen-bond donors (Lipinski definition) is 2. The number of carboxylic acids is 1. The Morgan fingerprint density at radius 2 is 1.88 bits per heavy atom. The summed E-state index contributed by atoms with van der Waals surface area (Å²) in [6, 6.07) is 1.36. The van der Waals surface area contributed by atoms with Gasteiger partial charge in [-0.3, -0.25) is 4.79 Å². The van der Waals surface area contributed by atoms with Gasteiger partial charge in [0.1, 0.15) is 16.5 Å². The van der Waals surface area contributed by atoms with Gasteiger partial charge in [0.2, 0.25) is 0 Å².